The second-order valence-corrected chi connectivity index (χ2v) is 12.1. The minimum absolute atomic E-state index is 0.0786. The van der Waals surface area contributed by atoms with Crippen LogP contribution in [0.2, 0.25) is 0 Å². The fourth-order valence-electron chi connectivity index (χ4n) is 4.59. The van der Waals surface area contributed by atoms with Gasteiger partial charge in [-0.2, -0.15) is 0 Å². The molecular formula is C33H36N2O4S. The van der Waals surface area contributed by atoms with Gasteiger partial charge < -0.3 is 10.1 Å². The van der Waals surface area contributed by atoms with E-state index in [2.05, 4.69) is 19.2 Å². The Hall–Kier alpha value is -4.10. The molecule has 0 radical (unpaired) electrons. The summed E-state index contributed by atoms with van der Waals surface area (Å²) in [6, 6.07) is 30.4. The minimum Gasteiger partial charge on any atom is -0.497 e. The van der Waals surface area contributed by atoms with Crippen molar-refractivity contribution in [1.29, 1.82) is 0 Å². The average Bonchev–Trinajstić information content (AvgIpc) is 2.96. The molecule has 0 saturated heterocycles. The van der Waals surface area contributed by atoms with Gasteiger partial charge in [0.05, 0.1) is 35.8 Å². The summed E-state index contributed by atoms with van der Waals surface area (Å²) in [7, 11) is -2.38. The molecule has 7 heteroatoms. The fraction of sp³-hybridized carbons (Fsp3) is 0.242. The fourth-order valence-corrected chi connectivity index (χ4v) is 6.06. The van der Waals surface area contributed by atoms with Crippen molar-refractivity contribution >= 4 is 21.6 Å². The lowest BCUT2D eigenvalue weighted by atomic mass is 9.96. The third-order valence-electron chi connectivity index (χ3n) is 6.73. The number of sulfonamides is 1. The highest BCUT2D eigenvalue weighted by atomic mass is 32.2. The summed E-state index contributed by atoms with van der Waals surface area (Å²) >= 11 is 0. The molecule has 208 valence electrons. The number of carbonyl (C=O) groups is 1. The summed E-state index contributed by atoms with van der Waals surface area (Å²) in [6.07, 6.45) is 0.718. The largest absolute Gasteiger partial charge is 0.497 e. The van der Waals surface area contributed by atoms with Crippen LogP contribution in [0.1, 0.15) is 53.4 Å². The number of nitrogens with one attached hydrogen (secondary N) is 1. The first kappa shape index (κ1) is 28.9. The van der Waals surface area contributed by atoms with Crippen molar-refractivity contribution in [3.8, 4) is 5.75 Å². The van der Waals surface area contributed by atoms with Crippen LogP contribution in [-0.4, -0.2) is 21.4 Å². The normalized spacial score (nSPS) is 12.1. The Labute approximate surface area is 237 Å². The lowest BCUT2D eigenvalue weighted by molar-refractivity contribution is 0.0932. The summed E-state index contributed by atoms with van der Waals surface area (Å²) in [5, 5.41) is 3.17. The molecule has 0 aliphatic carbocycles. The molecule has 6 nitrogen and oxygen atoms in total. The van der Waals surface area contributed by atoms with Crippen LogP contribution < -0.4 is 14.4 Å². The van der Waals surface area contributed by atoms with Gasteiger partial charge in [0.25, 0.3) is 15.9 Å². The van der Waals surface area contributed by atoms with Crippen LogP contribution in [-0.2, 0) is 16.6 Å². The zero-order valence-electron chi connectivity index (χ0n) is 23.4. The van der Waals surface area contributed by atoms with Crippen molar-refractivity contribution in [2.24, 2.45) is 5.92 Å². The second kappa shape index (κ2) is 12.8. The van der Waals surface area contributed by atoms with E-state index in [1.165, 1.54) is 4.31 Å². The maximum Gasteiger partial charge on any atom is 0.264 e. The van der Waals surface area contributed by atoms with Gasteiger partial charge in [-0.15, -0.1) is 0 Å². The van der Waals surface area contributed by atoms with Crippen molar-refractivity contribution < 1.29 is 17.9 Å². The van der Waals surface area contributed by atoms with Crippen LogP contribution in [0.5, 0.6) is 5.75 Å². The topological polar surface area (TPSA) is 75.7 Å². The molecule has 0 saturated carbocycles. The third-order valence-corrected chi connectivity index (χ3v) is 8.50. The van der Waals surface area contributed by atoms with Gasteiger partial charge >= 0.3 is 0 Å². The quantitative estimate of drug-likeness (QED) is 0.218. The lowest BCUT2D eigenvalue weighted by Crippen LogP contribution is -2.35. The molecule has 4 rings (SSSR count). The molecule has 0 bridgehead atoms. The first-order valence-corrected chi connectivity index (χ1v) is 14.8. The maximum absolute atomic E-state index is 14.1. The Morgan fingerprint density at radius 2 is 1.48 bits per heavy atom. The Kier molecular flexibility index (Phi) is 9.27. The molecule has 1 unspecified atom stereocenters. The van der Waals surface area contributed by atoms with Gasteiger partial charge in [0.1, 0.15) is 5.75 Å². The van der Waals surface area contributed by atoms with E-state index >= 15 is 0 Å². The van der Waals surface area contributed by atoms with Crippen molar-refractivity contribution in [3.63, 3.8) is 0 Å². The van der Waals surface area contributed by atoms with E-state index < -0.39 is 10.0 Å². The van der Waals surface area contributed by atoms with E-state index in [0.717, 1.165) is 28.9 Å². The van der Waals surface area contributed by atoms with Crippen molar-refractivity contribution in [2.75, 3.05) is 11.4 Å². The molecular weight excluding hydrogens is 520 g/mol. The van der Waals surface area contributed by atoms with E-state index in [-0.39, 0.29) is 29.0 Å². The number of aryl methyl sites for hydroxylation is 1. The third kappa shape index (κ3) is 6.90. The molecule has 1 N–H and O–H groups in total. The van der Waals surface area contributed by atoms with Crippen LogP contribution >= 0.6 is 0 Å². The van der Waals surface area contributed by atoms with E-state index in [0.29, 0.717) is 11.6 Å². The molecule has 0 fully saturated rings. The highest BCUT2D eigenvalue weighted by molar-refractivity contribution is 7.92. The van der Waals surface area contributed by atoms with Gasteiger partial charge in [-0.1, -0.05) is 86.1 Å². The van der Waals surface area contributed by atoms with E-state index in [1.807, 2.05) is 61.5 Å². The highest BCUT2D eigenvalue weighted by Gasteiger charge is 2.29. The SMILES string of the molecule is COc1ccc(C(CC(C)C)NC(=O)c2ccccc2N(Cc2ccccc2)S(=O)(=O)c2ccc(C)cc2)cc1. The number of carbonyl (C=O) groups excluding carboxylic acids is 1. The van der Waals surface area contributed by atoms with Gasteiger partial charge in [-0.05, 0) is 66.8 Å². The molecule has 0 aliphatic heterocycles. The van der Waals surface area contributed by atoms with Crippen molar-refractivity contribution in [2.45, 2.75) is 44.7 Å². The van der Waals surface area contributed by atoms with Crippen molar-refractivity contribution in [3.05, 3.63) is 125 Å². The average molecular weight is 557 g/mol. The Morgan fingerprint density at radius 1 is 0.850 bits per heavy atom. The molecule has 4 aromatic carbocycles. The highest BCUT2D eigenvalue weighted by Crippen LogP contribution is 2.31. The van der Waals surface area contributed by atoms with Crippen LogP contribution in [0.15, 0.2) is 108 Å². The monoisotopic (exact) mass is 556 g/mol. The Balaban J connectivity index is 1.75. The number of nitrogens with zero attached hydrogens (tertiary/aromatic N) is 1. The first-order valence-electron chi connectivity index (χ1n) is 13.4. The van der Waals surface area contributed by atoms with E-state index in [4.69, 9.17) is 4.74 Å². The first-order chi connectivity index (χ1) is 19.2. The smallest absolute Gasteiger partial charge is 0.264 e. The lowest BCUT2D eigenvalue weighted by Gasteiger charge is -2.28. The Bertz CT molecular complexity index is 1520. The molecule has 0 aromatic heterocycles. The number of ether oxygens (including phenoxy) is 1. The van der Waals surface area contributed by atoms with Crippen LogP contribution in [0.3, 0.4) is 0 Å². The zero-order valence-corrected chi connectivity index (χ0v) is 24.2. The summed E-state index contributed by atoms with van der Waals surface area (Å²) < 4.78 is 34.7. The molecule has 1 atom stereocenters. The van der Waals surface area contributed by atoms with Gasteiger partial charge in [-0.25, -0.2) is 8.42 Å². The molecule has 0 heterocycles. The summed E-state index contributed by atoms with van der Waals surface area (Å²) in [6.45, 7) is 6.20. The molecule has 1 amide bonds. The molecule has 4 aromatic rings. The van der Waals surface area contributed by atoms with Gasteiger partial charge in [-0.3, -0.25) is 9.10 Å². The van der Waals surface area contributed by atoms with Crippen LogP contribution in [0, 0.1) is 12.8 Å². The molecule has 0 spiro atoms. The van der Waals surface area contributed by atoms with Crippen molar-refractivity contribution in [1.82, 2.24) is 5.32 Å². The standard InChI is InChI=1S/C33H36N2O4S/c1-24(2)22-31(27-16-18-28(39-4)19-17-27)34-33(36)30-12-8-9-13-32(30)35(23-26-10-6-5-7-11-26)40(37,38)29-20-14-25(3)15-21-29/h5-21,24,31H,22-23H2,1-4H3,(H,34,36). The zero-order chi connectivity index (χ0) is 28.7. The van der Waals surface area contributed by atoms with E-state index in [1.54, 1.807) is 55.6 Å². The maximum atomic E-state index is 14.1. The summed E-state index contributed by atoms with van der Waals surface area (Å²) in [5.74, 6) is 0.718. The van der Waals surface area contributed by atoms with Crippen LogP contribution in [0.4, 0.5) is 5.69 Å². The predicted octanol–water partition coefficient (Wildman–Crippen LogP) is 6.92. The number of methoxy groups -OCH3 is 1. The summed E-state index contributed by atoms with van der Waals surface area (Å²) in [4.78, 5) is 14.0. The number of benzene rings is 4. The second-order valence-electron chi connectivity index (χ2n) is 10.3. The number of rotatable bonds is 11. The molecule has 40 heavy (non-hydrogen) atoms. The Morgan fingerprint density at radius 3 is 2.10 bits per heavy atom. The number of amides is 1. The van der Waals surface area contributed by atoms with Gasteiger partial charge in [0.2, 0.25) is 0 Å². The van der Waals surface area contributed by atoms with E-state index in [9.17, 15) is 13.2 Å². The molecule has 0 aliphatic rings. The van der Waals surface area contributed by atoms with Crippen LogP contribution in [0.25, 0.3) is 0 Å². The number of hydrogen-bond acceptors (Lipinski definition) is 4. The number of anilines is 1. The predicted molar refractivity (Wildman–Crippen MR) is 160 cm³/mol. The number of para-hydroxylation sites is 1. The number of hydrogen-bond donors (Lipinski definition) is 1. The van der Waals surface area contributed by atoms with Gasteiger partial charge in [0, 0.05) is 0 Å². The van der Waals surface area contributed by atoms with Gasteiger partial charge in [0.15, 0.2) is 0 Å². The minimum atomic E-state index is -3.99. The summed E-state index contributed by atoms with van der Waals surface area (Å²) in [5.41, 5.74) is 3.33.